The third-order valence-electron chi connectivity index (χ3n) is 2.92. The Balaban J connectivity index is 2.28. The fourth-order valence-corrected chi connectivity index (χ4v) is 2.55. The van der Waals surface area contributed by atoms with Crippen molar-refractivity contribution in [1.29, 1.82) is 0 Å². The zero-order valence-electron chi connectivity index (χ0n) is 9.93. The van der Waals surface area contributed by atoms with Crippen LogP contribution >= 0.6 is 12.2 Å². The molecular formula is C11H22N2OS. The summed E-state index contributed by atoms with van der Waals surface area (Å²) < 4.78 is 5.05. The van der Waals surface area contributed by atoms with E-state index in [0.29, 0.717) is 6.61 Å². The fourth-order valence-electron chi connectivity index (χ4n) is 2.11. The molecule has 0 saturated heterocycles. The zero-order chi connectivity index (χ0) is 11.3. The van der Waals surface area contributed by atoms with E-state index < -0.39 is 0 Å². The van der Waals surface area contributed by atoms with Gasteiger partial charge in [0.15, 0.2) is 5.11 Å². The van der Waals surface area contributed by atoms with Gasteiger partial charge in [0.25, 0.3) is 0 Å². The molecule has 0 aromatic heterocycles. The third-order valence-corrected chi connectivity index (χ3v) is 3.14. The molecule has 1 saturated carbocycles. The van der Waals surface area contributed by atoms with Crippen molar-refractivity contribution in [3.8, 4) is 0 Å². The van der Waals surface area contributed by atoms with E-state index in [-0.39, 0.29) is 11.6 Å². The highest BCUT2D eigenvalue weighted by molar-refractivity contribution is 7.80. The molecule has 4 heteroatoms. The minimum Gasteiger partial charge on any atom is -0.383 e. The van der Waals surface area contributed by atoms with Gasteiger partial charge in [-0.25, -0.2) is 0 Å². The van der Waals surface area contributed by atoms with E-state index in [0.717, 1.165) is 5.11 Å². The highest BCUT2D eigenvalue weighted by atomic mass is 32.1. The standard InChI is InChI=1S/C11H22N2OS/c1-9(8-14-3)12-10(15)13-11(2)6-4-5-7-11/h9H,4-8H2,1-3H3,(H2,12,13,15). The lowest BCUT2D eigenvalue weighted by Gasteiger charge is -2.28. The maximum Gasteiger partial charge on any atom is 0.167 e. The van der Waals surface area contributed by atoms with Crippen LogP contribution in [-0.4, -0.2) is 30.4 Å². The van der Waals surface area contributed by atoms with Crippen molar-refractivity contribution in [1.82, 2.24) is 10.6 Å². The molecule has 1 unspecified atom stereocenters. The van der Waals surface area contributed by atoms with Gasteiger partial charge in [-0.1, -0.05) is 12.8 Å². The lowest BCUT2D eigenvalue weighted by atomic mass is 10.0. The van der Waals surface area contributed by atoms with E-state index in [1.54, 1.807) is 7.11 Å². The molecule has 0 aromatic rings. The molecular weight excluding hydrogens is 208 g/mol. The van der Waals surface area contributed by atoms with Gasteiger partial charge in [-0.05, 0) is 38.9 Å². The number of hydrogen-bond donors (Lipinski definition) is 2. The van der Waals surface area contributed by atoms with E-state index in [1.165, 1.54) is 25.7 Å². The average molecular weight is 230 g/mol. The van der Waals surface area contributed by atoms with Crippen molar-refractivity contribution in [2.45, 2.75) is 51.1 Å². The maximum atomic E-state index is 5.28. The maximum absolute atomic E-state index is 5.28. The van der Waals surface area contributed by atoms with Crippen LogP contribution in [0.1, 0.15) is 39.5 Å². The summed E-state index contributed by atoms with van der Waals surface area (Å²) in [5.41, 5.74) is 0.205. The quantitative estimate of drug-likeness (QED) is 0.722. The van der Waals surface area contributed by atoms with Gasteiger partial charge in [-0.3, -0.25) is 0 Å². The number of rotatable bonds is 4. The molecule has 1 aliphatic rings. The smallest absolute Gasteiger partial charge is 0.167 e. The number of methoxy groups -OCH3 is 1. The lowest BCUT2D eigenvalue weighted by Crippen LogP contribution is -2.51. The number of hydrogen-bond acceptors (Lipinski definition) is 2. The van der Waals surface area contributed by atoms with E-state index in [4.69, 9.17) is 17.0 Å². The predicted molar refractivity (Wildman–Crippen MR) is 67.1 cm³/mol. The summed E-state index contributed by atoms with van der Waals surface area (Å²) in [5.74, 6) is 0. The Morgan fingerprint density at radius 2 is 2.07 bits per heavy atom. The highest BCUT2D eigenvalue weighted by Gasteiger charge is 2.29. The molecule has 88 valence electrons. The number of thiocarbonyl (C=S) groups is 1. The van der Waals surface area contributed by atoms with E-state index in [2.05, 4.69) is 24.5 Å². The summed E-state index contributed by atoms with van der Waals surface area (Å²) in [6.07, 6.45) is 5.04. The fraction of sp³-hybridized carbons (Fsp3) is 0.909. The molecule has 0 aliphatic heterocycles. The second kappa shape index (κ2) is 5.66. The number of ether oxygens (including phenoxy) is 1. The number of nitrogens with one attached hydrogen (secondary N) is 2. The minimum atomic E-state index is 0.205. The van der Waals surface area contributed by atoms with Crippen LogP contribution in [0.5, 0.6) is 0 Å². The van der Waals surface area contributed by atoms with Gasteiger partial charge in [0.05, 0.1) is 6.61 Å². The molecule has 3 nitrogen and oxygen atoms in total. The third kappa shape index (κ3) is 4.34. The summed E-state index contributed by atoms with van der Waals surface area (Å²) in [6.45, 7) is 4.99. The van der Waals surface area contributed by atoms with Crippen LogP contribution in [-0.2, 0) is 4.74 Å². The molecule has 0 aromatic carbocycles. The first kappa shape index (κ1) is 12.7. The Bertz CT molecular complexity index is 215. The van der Waals surface area contributed by atoms with Crippen molar-refractivity contribution >= 4 is 17.3 Å². The van der Waals surface area contributed by atoms with Gasteiger partial charge in [-0.2, -0.15) is 0 Å². The van der Waals surface area contributed by atoms with Crippen LogP contribution in [0.3, 0.4) is 0 Å². The van der Waals surface area contributed by atoms with Crippen LogP contribution in [0.2, 0.25) is 0 Å². The van der Waals surface area contributed by atoms with Crippen molar-refractivity contribution in [2.75, 3.05) is 13.7 Å². The summed E-state index contributed by atoms with van der Waals surface area (Å²) in [7, 11) is 1.70. The topological polar surface area (TPSA) is 33.3 Å². The summed E-state index contributed by atoms with van der Waals surface area (Å²) in [6, 6.07) is 0.264. The normalized spacial score (nSPS) is 21.0. The second-order valence-electron chi connectivity index (χ2n) is 4.72. The molecule has 1 aliphatic carbocycles. The Morgan fingerprint density at radius 3 is 2.60 bits per heavy atom. The molecule has 0 amide bonds. The van der Waals surface area contributed by atoms with Gasteiger partial charge in [0, 0.05) is 18.7 Å². The Labute approximate surface area is 98.0 Å². The minimum absolute atomic E-state index is 0.205. The van der Waals surface area contributed by atoms with Crippen LogP contribution in [0.15, 0.2) is 0 Å². The zero-order valence-corrected chi connectivity index (χ0v) is 10.7. The molecule has 0 bridgehead atoms. The molecule has 15 heavy (non-hydrogen) atoms. The van der Waals surface area contributed by atoms with Crippen LogP contribution in [0, 0.1) is 0 Å². The predicted octanol–water partition coefficient (Wildman–Crippen LogP) is 1.82. The van der Waals surface area contributed by atoms with Gasteiger partial charge in [0.1, 0.15) is 0 Å². The first-order valence-electron chi connectivity index (χ1n) is 5.63. The van der Waals surface area contributed by atoms with E-state index in [1.807, 2.05) is 0 Å². The van der Waals surface area contributed by atoms with Gasteiger partial charge >= 0.3 is 0 Å². The first-order chi connectivity index (χ1) is 7.06. The average Bonchev–Trinajstić information content (AvgIpc) is 2.51. The van der Waals surface area contributed by atoms with Crippen molar-refractivity contribution in [2.24, 2.45) is 0 Å². The molecule has 1 fully saturated rings. The molecule has 0 spiro atoms. The summed E-state index contributed by atoms with van der Waals surface area (Å²) in [5, 5.41) is 7.39. The first-order valence-corrected chi connectivity index (χ1v) is 6.04. The Kier molecular flexibility index (Phi) is 4.80. The van der Waals surface area contributed by atoms with Gasteiger partial charge in [-0.15, -0.1) is 0 Å². The van der Waals surface area contributed by atoms with Crippen LogP contribution < -0.4 is 10.6 Å². The van der Waals surface area contributed by atoms with Crippen molar-refractivity contribution in [3.63, 3.8) is 0 Å². The molecule has 0 radical (unpaired) electrons. The van der Waals surface area contributed by atoms with Crippen molar-refractivity contribution in [3.05, 3.63) is 0 Å². The van der Waals surface area contributed by atoms with E-state index >= 15 is 0 Å². The van der Waals surface area contributed by atoms with E-state index in [9.17, 15) is 0 Å². The summed E-state index contributed by atoms with van der Waals surface area (Å²) in [4.78, 5) is 0. The summed E-state index contributed by atoms with van der Waals surface area (Å²) >= 11 is 5.28. The van der Waals surface area contributed by atoms with Crippen LogP contribution in [0.25, 0.3) is 0 Å². The largest absolute Gasteiger partial charge is 0.383 e. The lowest BCUT2D eigenvalue weighted by molar-refractivity contribution is 0.179. The molecule has 0 heterocycles. The molecule has 2 N–H and O–H groups in total. The SMILES string of the molecule is COCC(C)NC(=S)NC1(C)CCCC1. The molecule has 1 rings (SSSR count). The second-order valence-corrected chi connectivity index (χ2v) is 5.13. The van der Waals surface area contributed by atoms with Crippen LogP contribution in [0.4, 0.5) is 0 Å². The van der Waals surface area contributed by atoms with Gasteiger partial charge < -0.3 is 15.4 Å². The Hall–Kier alpha value is -0.350. The molecule has 1 atom stereocenters. The Morgan fingerprint density at radius 1 is 1.47 bits per heavy atom. The van der Waals surface area contributed by atoms with Crippen molar-refractivity contribution < 1.29 is 4.74 Å². The monoisotopic (exact) mass is 230 g/mol. The van der Waals surface area contributed by atoms with Gasteiger partial charge in [0.2, 0.25) is 0 Å². The highest BCUT2D eigenvalue weighted by Crippen LogP contribution is 2.28.